The van der Waals surface area contributed by atoms with Crippen LogP contribution in [0.5, 0.6) is 0 Å². The molecule has 0 unspecified atom stereocenters. The smallest absolute Gasteiger partial charge is 0.237 e. The molecular weight excluding hydrogens is 236 g/mol. The van der Waals surface area contributed by atoms with Crippen molar-refractivity contribution in [3.05, 3.63) is 34.9 Å². The Morgan fingerprint density at radius 3 is 2.76 bits per heavy atom. The molecule has 1 heterocycles. The van der Waals surface area contributed by atoms with Crippen molar-refractivity contribution in [3.8, 4) is 0 Å². The zero-order valence-corrected chi connectivity index (χ0v) is 10.6. The number of benzene rings is 1. The first kappa shape index (κ1) is 12.4. The van der Waals surface area contributed by atoms with Gasteiger partial charge in [0.15, 0.2) is 0 Å². The summed E-state index contributed by atoms with van der Waals surface area (Å²) in [5, 5.41) is 6.91. The van der Waals surface area contributed by atoms with Crippen molar-refractivity contribution >= 4 is 17.5 Å². The van der Waals surface area contributed by atoms with Gasteiger partial charge < -0.3 is 10.6 Å². The van der Waals surface area contributed by atoms with Gasteiger partial charge in [0.25, 0.3) is 0 Å². The molecule has 0 saturated carbocycles. The van der Waals surface area contributed by atoms with Crippen LogP contribution in [-0.4, -0.2) is 18.5 Å². The molecule has 0 bridgehead atoms. The maximum atomic E-state index is 11.9. The third kappa shape index (κ3) is 3.20. The molecule has 1 aromatic rings. The number of carbonyl (C=O) groups is 1. The van der Waals surface area contributed by atoms with E-state index in [1.165, 1.54) is 0 Å². The molecule has 17 heavy (non-hydrogen) atoms. The van der Waals surface area contributed by atoms with E-state index in [0.29, 0.717) is 5.02 Å². The van der Waals surface area contributed by atoms with Gasteiger partial charge in [-0.25, -0.2) is 0 Å². The minimum atomic E-state index is -0.0234. The third-order valence-corrected chi connectivity index (χ3v) is 3.36. The van der Waals surface area contributed by atoms with E-state index in [9.17, 15) is 4.79 Å². The molecule has 0 aliphatic carbocycles. The minimum Gasteiger partial charge on any atom is -0.348 e. The molecule has 0 aromatic heterocycles. The lowest BCUT2D eigenvalue weighted by atomic mass is 10.1. The highest BCUT2D eigenvalue weighted by Gasteiger charge is 2.23. The monoisotopic (exact) mass is 252 g/mol. The van der Waals surface area contributed by atoms with Crippen molar-refractivity contribution in [2.75, 3.05) is 6.54 Å². The minimum absolute atomic E-state index is 0.0159. The topological polar surface area (TPSA) is 41.1 Å². The Balaban J connectivity index is 1.93. The molecule has 1 aliphatic rings. The molecule has 2 atom stereocenters. The third-order valence-electron chi connectivity index (χ3n) is 3.11. The Kier molecular flexibility index (Phi) is 4.02. The van der Waals surface area contributed by atoms with Crippen molar-refractivity contribution in [3.63, 3.8) is 0 Å². The Morgan fingerprint density at radius 1 is 1.47 bits per heavy atom. The van der Waals surface area contributed by atoms with Crippen LogP contribution in [0.2, 0.25) is 5.02 Å². The summed E-state index contributed by atoms with van der Waals surface area (Å²) in [4.78, 5) is 11.9. The van der Waals surface area contributed by atoms with Crippen LogP contribution < -0.4 is 10.6 Å². The summed E-state index contributed by atoms with van der Waals surface area (Å²) in [5.74, 6) is 0.0879. The first-order valence-electron chi connectivity index (χ1n) is 5.96. The maximum absolute atomic E-state index is 11.9. The molecule has 1 fully saturated rings. The number of rotatable bonds is 3. The van der Waals surface area contributed by atoms with Crippen LogP contribution in [0.25, 0.3) is 0 Å². The summed E-state index contributed by atoms with van der Waals surface area (Å²) >= 11 is 5.83. The zero-order chi connectivity index (χ0) is 12.3. The summed E-state index contributed by atoms with van der Waals surface area (Å²) in [6, 6.07) is 7.55. The van der Waals surface area contributed by atoms with Crippen molar-refractivity contribution in [2.24, 2.45) is 0 Å². The molecule has 4 heteroatoms. The Bertz CT molecular complexity index is 385. The highest BCUT2D eigenvalue weighted by Crippen LogP contribution is 2.16. The molecule has 2 rings (SSSR count). The number of nitrogens with one attached hydrogen (secondary N) is 2. The van der Waals surface area contributed by atoms with E-state index in [0.717, 1.165) is 24.9 Å². The van der Waals surface area contributed by atoms with Crippen molar-refractivity contribution in [1.29, 1.82) is 0 Å². The standard InChI is InChI=1S/C13H17ClN2O/c1-9(10-4-6-11(14)7-5-10)16-13(17)12-3-2-8-15-12/h4-7,9,12,15H,2-3,8H2,1H3,(H,16,17)/t9-,12+/m1/s1. The SMILES string of the molecule is C[C@@H](NC(=O)[C@@H]1CCCN1)c1ccc(Cl)cc1. The highest BCUT2D eigenvalue weighted by atomic mass is 35.5. The average Bonchev–Trinajstić information content (AvgIpc) is 2.83. The summed E-state index contributed by atoms with van der Waals surface area (Å²) in [7, 11) is 0. The lowest BCUT2D eigenvalue weighted by Crippen LogP contribution is -2.41. The Morgan fingerprint density at radius 2 is 2.18 bits per heavy atom. The van der Waals surface area contributed by atoms with Crippen molar-refractivity contribution in [1.82, 2.24) is 10.6 Å². The van der Waals surface area contributed by atoms with E-state index >= 15 is 0 Å². The first-order chi connectivity index (χ1) is 8.16. The van der Waals surface area contributed by atoms with Gasteiger partial charge >= 0.3 is 0 Å². The number of hydrogen-bond donors (Lipinski definition) is 2. The van der Waals surface area contributed by atoms with Crippen LogP contribution in [-0.2, 0) is 4.79 Å². The second kappa shape index (κ2) is 5.52. The van der Waals surface area contributed by atoms with E-state index in [1.54, 1.807) is 0 Å². The predicted molar refractivity (Wildman–Crippen MR) is 69.0 cm³/mol. The number of hydrogen-bond acceptors (Lipinski definition) is 2. The maximum Gasteiger partial charge on any atom is 0.237 e. The van der Waals surface area contributed by atoms with Crippen LogP contribution in [0, 0.1) is 0 Å². The normalized spacial score (nSPS) is 21.2. The largest absolute Gasteiger partial charge is 0.348 e. The van der Waals surface area contributed by atoms with E-state index in [-0.39, 0.29) is 18.0 Å². The molecule has 3 nitrogen and oxygen atoms in total. The molecule has 92 valence electrons. The van der Waals surface area contributed by atoms with Gasteiger partial charge in [-0.2, -0.15) is 0 Å². The van der Waals surface area contributed by atoms with Gasteiger partial charge in [-0.15, -0.1) is 0 Å². The molecule has 1 aromatic carbocycles. The van der Waals surface area contributed by atoms with E-state index in [2.05, 4.69) is 10.6 Å². The second-order valence-corrected chi connectivity index (χ2v) is 4.87. The predicted octanol–water partition coefficient (Wildman–Crippen LogP) is 2.27. The highest BCUT2D eigenvalue weighted by molar-refractivity contribution is 6.30. The summed E-state index contributed by atoms with van der Waals surface area (Å²) in [6.07, 6.45) is 2.01. The fraction of sp³-hybridized carbons (Fsp3) is 0.462. The Hall–Kier alpha value is -1.06. The zero-order valence-electron chi connectivity index (χ0n) is 9.87. The summed E-state index contributed by atoms with van der Waals surface area (Å²) in [6.45, 7) is 2.92. The molecule has 0 radical (unpaired) electrons. The summed E-state index contributed by atoms with van der Waals surface area (Å²) in [5.41, 5.74) is 1.07. The molecule has 1 aliphatic heterocycles. The second-order valence-electron chi connectivity index (χ2n) is 4.43. The van der Waals surface area contributed by atoms with Gasteiger partial charge in [-0.05, 0) is 44.0 Å². The molecule has 0 spiro atoms. The van der Waals surface area contributed by atoms with Gasteiger partial charge in [0.1, 0.15) is 0 Å². The van der Waals surface area contributed by atoms with E-state index in [4.69, 9.17) is 11.6 Å². The summed E-state index contributed by atoms with van der Waals surface area (Å²) < 4.78 is 0. The van der Waals surface area contributed by atoms with Crippen LogP contribution in [0.3, 0.4) is 0 Å². The quantitative estimate of drug-likeness (QED) is 0.867. The van der Waals surface area contributed by atoms with Crippen LogP contribution in [0.4, 0.5) is 0 Å². The van der Waals surface area contributed by atoms with Crippen molar-refractivity contribution in [2.45, 2.75) is 31.8 Å². The Labute approximate surface area is 107 Å². The number of amides is 1. The van der Waals surface area contributed by atoms with Crippen molar-refractivity contribution < 1.29 is 4.79 Å². The van der Waals surface area contributed by atoms with Gasteiger partial charge in [0.05, 0.1) is 12.1 Å². The van der Waals surface area contributed by atoms with Gasteiger partial charge in [0, 0.05) is 5.02 Å². The first-order valence-corrected chi connectivity index (χ1v) is 6.34. The van der Waals surface area contributed by atoms with Crippen LogP contribution in [0.1, 0.15) is 31.4 Å². The molecule has 1 saturated heterocycles. The molecule has 2 N–H and O–H groups in total. The molecule has 1 amide bonds. The van der Waals surface area contributed by atoms with Gasteiger partial charge in [0.2, 0.25) is 5.91 Å². The van der Waals surface area contributed by atoms with Crippen LogP contribution in [0.15, 0.2) is 24.3 Å². The van der Waals surface area contributed by atoms with E-state index < -0.39 is 0 Å². The lowest BCUT2D eigenvalue weighted by Gasteiger charge is -2.17. The average molecular weight is 253 g/mol. The van der Waals surface area contributed by atoms with Gasteiger partial charge in [-0.1, -0.05) is 23.7 Å². The number of carbonyl (C=O) groups excluding carboxylic acids is 1. The number of halogens is 1. The molecular formula is C13H17ClN2O. The fourth-order valence-electron chi connectivity index (χ4n) is 2.06. The fourth-order valence-corrected chi connectivity index (χ4v) is 2.18. The lowest BCUT2D eigenvalue weighted by molar-refractivity contribution is -0.123. The van der Waals surface area contributed by atoms with Crippen LogP contribution >= 0.6 is 11.6 Å². The van der Waals surface area contributed by atoms with Gasteiger partial charge in [-0.3, -0.25) is 4.79 Å². The van der Waals surface area contributed by atoms with E-state index in [1.807, 2.05) is 31.2 Å².